The van der Waals surface area contributed by atoms with Crippen LogP contribution in [0.25, 0.3) is 11.0 Å². The summed E-state index contributed by atoms with van der Waals surface area (Å²) < 4.78 is 23.4. The maximum absolute atomic E-state index is 11.7. The second-order valence-electron chi connectivity index (χ2n) is 6.67. The summed E-state index contributed by atoms with van der Waals surface area (Å²) in [5.41, 5.74) is 2.13. The third-order valence-corrected chi connectivity index (χ3v) is 7.00. The zero-order valence-electron chi connectivity index (χ0n) is 13.9. The number of nitrogens with zero attached hydrogens (tertiary/aromatic N) is 4. The van der Waals surface area contributed by atoms with Gasteiger partial charge in [0.1, 0.15) is 17.8 Å². The molecular formula is C16H23N5O2S. The van der Waals surface area contributed by atoms with Gasteiger partial charge >= 0.3 is 0 Å². The summed E-state index contributed by atoms with van der Waals surface area (Å²) in [6.45, 7) is 5.65. The summed E-state index contributed by atoms with van der Waals surface area (Å²) >= 11 is 0. The highest BCUT2D eigenvalue weighted by atomic mass is 32.2. The zero-order chi connectivity index (χ0) is 16.7. The predicted octanol–water partition coefficient (Wildman–Crippen LogP) is 0.829. The lowest BCUT2D eigenvalue weighted by Gasteiger charge is -2.38. The fraction of sp³-hybridized carbons (Fsp3) is 0.625. The molecule has 1 N–H and O–H groups in total. The van der Waals surface area contributed by atoms with Crippen LogP contribution in [0.15, 0.2) is 12.5 Å². The van der Waals surface area contributed by atoms with Crippen LogP contribution in [-0.2, 0) is 16.3 Å². The highest BCUT2D eigenvalue weighted by Crippen LogP contribution is 2.28. The number of piperazine rings is 1. The Morgan fingerprint density at radius 2 is 2.04 bits per heavy atom. The molecule has 0 bridgehead atoms. The number of hydrogen-bond donors (Lipinski definition) is 1. The molecule has 4 rings (SSSR count). The van der Waals surface area contributed by atoms with Gasteiger partial charge in [0, 0.05) is 38.4 Å². The van der Waals surface area contributed by atoms with Gasteiger partial charge in [-0.25, -0.2) is 18.4 Å². The Balaban J connectivity index is 1.51. The number of nitrogens with one attached hydrogen (secondary N) is 1. The van der Waals surface area contributed by atoms with E-state index in [0.29, 0.717) is 11.5 Å². The second-order valence-corrected chi connectivity index (χ2v) is 8.90. The van der Waals surface area contributed by atoms with E-state index < -0.39 is 9.84 Å². The summed E-state index contributed by atoms with van der Waals surface area (Å²) in [5.74, 6) is 1.66. The van der Waals surface area contributed by atoms with Gasteiger partial charge in [-0.15, -0.1) is 0 Å². The SMILES string of the molecule is CCc1c[nH]c2ncnc(N3CCN(C4CCS(=O)(=O)C4)CC3)c12. The lowest BCUT2D eigenvalue weighted by Crippen LogP contribution is -2.51. The summed E-state index contributed by atoms with van der Waals surface area (Å²) in [5, 5.41) is 1.12. The van der Waals surface area contributed by atoms with E-state index in [1.54, 1.807) is 6.33 Å². The molecule has 1 unspecified atom stereocenters. The summed E-state index contributed by atoms with van der Waals surface area (Å²) in [6, 6.07) is 0.195. The van der Waals surface area contributed by atoms with Crippen molar-refractivity contribution in [2.45, 2.75) is 25.8 Å². The molecule has 0 aromatic carbocycles. The van der Waals surface area contributed by atoms with Crippen LogP contribution in [0.4, 0.5) is 5.82 Å². The van der Waals surface area contributed by atoms with Gasteiger partial charge in [-0.3, -0.25) is 4.90 Å². The Hall–Kier alpha value is -1.67. The van der Waals surface area contributed by atoms with E-state index >= 15 is 0 Å². The van der Waals surface area contributed by atoms with E-state index in [-0.39, 0.29) is 6.04 Å². The first-order chi connectivity index (χ1) is 11.6. The fourth-order valence-electron chi connectivity index (χ4n) is 3.89. The van der Waals surface area contributed by atoms with Crippen molar-refractivity contribution in [2.75, 3.05) is 42.6 Å². The van der Waals surface area contributed by atoms with Crippen molar-refractivity contribution < 1.29 is 8.42 Å². The molecule has 130 valence electrons. The van der Waals surface area contributed by atoms with Crippen molar-refractivity contribution in [3.8, 4) is 0 Å². The summed E-state index contributed by atoms with van der Waals surface area (Å²) in [4.78, 5) is 16.7. The minimum atomic E-state index is -2.82. The Labute approximate surface area is 142 Å². The first-order valence-electron chi connectivity index (χ1n) is 8.58. The smallest absolute Gasteiger partial charge is 0.151 e. The van der Waals surface area contributed by atoms with Gasteiger partial charge < -0.3 is 9.88 Å². The molecule has 2 aliphatic heterocycles. The van der Waals surface area contributed by atoms with Crippen molar-refractivity contribution >= 4 is 26.7 Å². The van der Waals surface area contributed by atoms with E-state index in [1.165, 1.54) is 5.56 Å². The molecule has 0 aliphatic carbocycles. The Morgan fingerprint density at radius 3 is 2.71 bits per heavy atom. The highest BCUT2D eigenvalue weighted by Gasteiger charge is 2.34. The quantitative estimate of drug-likeness (QED) is 0.884. The van der Waals surface area contributed by atoms with Crippen LogP contribution in [0, 0.1) is 0 Å². The monoisotopic (exact) mass is 349 g/mol. The topological polar surface area (TPSA) is 82.2 Å². The number of hydrogen-bond acceptors (Lipinski definition) is 6. The van der Waals surface area contributed by atoms with Crippen LogP contribution in [0.5, 0.6) is 0 Å². The Bertz CT molecular complexity index is 839. The minimum absolute atomic E-state index is 0.195. The lowest BCUT2D eigenvalue weighted by atomic mass is 10.1. The molecule has 8 heteroatoms. The van der Waals surface area contributed by atoms with Gasteiger partial charge in [-0.1, -0.05) is 6.92 Å². The maximum atomic E-state index is 11.7. The van der Waals surface area contributed by atoms with Crippen LogP contribution in [0.2, 0.25) is 0 Å². The zero-order valence-corrected chi connectivity index (χ0v) is 14.7. The first-order valence-corrected chi connectivity index (χ1v) is 10.4. The molecule has 0 saturated carbocycles. The van der Waals surface area contributed by atoms with Crippen molar-refractivity contribution in [3.63, 3.8) is 0 Å². The van der Waals surface area contributed by atoms with E-state index in [2.05, 4.69) is 31.7 Å². The summed E-state index contributed by atoms with van der Waals surface area (Å²) in [7, 11) is -2.82. The molecular weight excluding hydrogens is 326 g/mol. The number of sulfone groups is 1. The molecule has 1 atom stereocenters. The average molecular weight is 349 g/mol. The minimum Gasteiger partial charge on any atom is -0.353 e. The molecule has 2 saturated heterocycles. The summed E-state index contributed by atoms with van der Waals surface area (Å²) in [6.07, 6.45) is 5.35. The van der Waals surface area contributed by atoms with Crippen molar-refractivity contribution in [1.29, 1.82) is 0 Å². The van der Waals surface area contributed by atoms with Gasteiger partial charge in [0.15, 0.2) is 9.84 Å². The molecule has 7 nitrogen and oxygen atoms in total. The second kappa shape index (κ2) is 6.00. The van der Waals surface area contributed by atoms with Gasteiger partial charge in [0.25, 0.3) is 0 Å². The van der Waals surface area contributed by atoms with Gasteiger partial charge in [-0.2, -0.15) is 0 Å². The van der Waals surface area contributed by atoms with E-state index in [1.807, 2.05) is 6.20 Å². The number of fused-ring (bicyclic) bond motifs is 1. The average Bonchev–Trinajstić information content (AvgIpc) is 3.17. The number of aryl methyl sites for hydroxylation is 1. The molecule has 2 fully saturated rings. The Morgan fingerprint density at radius 1 is 1.25 bits per heavy atom. The first kappa shape index (κ1) is 15.8. The molecule has 24 heavy (non-hydrogen) atoms. The van der Waals surface area contributed by atoms with Crippen LogP contribution in [-0.4, -0.2) is 72.0 Å². The predicted molar refractivity (Wildman–Crippen MR) is 94.1 cm³/mol. The van der Waals surface area contributed by atoms with Crippen LogP contribution in [0.1, 0.15) is 18.9 Å². The molecule has 0 amide bonds. The van der Waals surface area contributed by atoms with E-state index in [0.717, 1.165) is 55.9 Å². The number of anilines is 1. The number of H-pyrrole nitrogens is 1. The largest absolute Gasteiger partial charge is 0.353 e. The fourth-order valence-corrected chi connectivity index (χ4v) is 5.65. The number of aromatic amines is 1. The number of rotatable bonds is 3. The highest BCUT2D eigenvalue weighted by molar-refractivity contribution is 7.91. The van der Waals surface area contributed by atoms with Crippen molar-refractivity contribution in [2.24, 2.45) is 0 Å². The molecule has 2 aromatic rings. The third kappa shape index (κ3) is 2.77. The third-order valence-electron chi connectivity index (χ3n) is 5.25. The maximum Gasteiger partial charge on any atom is 0.151 e. The normalized spacial score (nSPS) is 24.7. The number of aromatic nitrogens is 3. The van der Waals surface area contributed by atoms with Crippen molar-refractivity contribution in [3.05, 3.63) is 18.1 Å². The van der Waals surface area contributed by atoms with E-state index in [4.69, 9.17) is 0 Å². The van der Waals surface area contributed by atoms with Crippen LogP contribution in [0.3, 0.4) is 0 Å². The van der Waals surface area contributed by atoms with Gasteiger partial charge in [0.05, 0.1) is 16.9 Å². The van der Waals surface area contributed by atoms with Gasteiger partial charge in [-0.05, 0) is 18.4 Å². The van der Waals surface area contributed by atoms with Gasteiger partial charge in [0.2, 0.25) is 0 Å². The van der Waals surface area contributed by atoms with E-state index in [9.17, 15) is 8.42 Å². The molecule has 2 aromatic heterocycles. The molecule has 0 spiro atoms. The molecule has 4 heterocycles. The van der Waals surface area contributed by atoms with Crippen LogP contribution >= 0.6 is 0 Å². The lowest BCUT2D eigenvalue weighted by molar-refractivity contribution is 0.200. The van der Waals surface area contributed by atoms with Crippen molar-refractivity contribution in [1.82, 2.24) is 19.9 Å². The Kier molecular flexibility index (Phi) is 3.96. The molecule has 2 aliphatic rings. The van der Waals surface area contributed by atoms with Crippen LogP contribution < -0.4 is 4.90 Å². The molecule has 0 radical (unpaired) electrons. The standard InChI is InChI=1S/C16H23N5O2S/c1-2-12-9-17-15-14(12)16(19-11-18-15)21-6-4-20(5-7-21)13-3-8-24(22,23)10-13/h9,11,13H,2-8,10H2,1H3,(H,17,18,19).